The van der Waals surface area contributed by atoms with Crippen molar-refractivity contribution < 1.29 is 36.5 Å². The molecule has 0 fully saturated rings. The number of alkyl halides is 3. The number of nitriles is 1. The molecular formula is C22H22ClF3NO5P. The van der Waals surface area contributed by atoms with Crippen LogP contribution in [0.3, 0.4) is 0 Å². The maximum Gasteiger partial charge on any atom is 0.416 e. The second-order valence-electron chi connectivity index (χ2n) is 7.95. The number of esters is 1. The summed E-state index contributed by atoms with van der Waals surface area (Å²) in [7, 11) is -3.03. The lowest BCUT2D eigenvalue weighted by Crippen LogP contribution is -2.23. The van der Waals surface area contributed by atoms with Gasteiger partial charge in [0.1, 0.15) is 11.5 Å². The van der Waals surface area contributed by atoms with Crippen molar-refractivity contribution in [2.24, 2.45) is 5.41 Å². The van der Waals surface area contributed by atoms with Gasteiger partial charge in [-0.1, -0.05) is 18.5 Å². The molecule has 0 aliphatic carbocycles. The summed E-state index contributed by atoms with van der Waals surface area (Å²) in [5.74, 6) is -0.448. The van der Waals surface area contributed by atoms with Crippen molar-refractivity contribution in [1.82, 2.24) is 0 Å². The van der Waals surface area contributed by atoms with E-state index < -0.39 is 37.9 Å². The van der Waals surface area contributed by atoms with Crippen LogP contribution in [0.2, 0.25) is 5.02 Å². The van der Waals surface area contributed by atoms with Crippen LogP contribution in [0.1, 0.15) is 44.4 Å². The maximum absolute atomic E-state index is 12.9. The molecule has 1 unspecified atom stereocenters. The number of hydrogen-bond acceptors (Lipinski definition) is 6. The summed E-state index contributed by atoms with van der Waals surface area (Å²) >= 11 is 5.97. The summed E-state index contributed by atoms with van der Waals surface area (Å²) < 4.78 is 67.1. The number of ether oxygens (including phenoxy) is 2. The predicted molar refractivity (Wildman–Crippen MR) is 117 cm³/mol. The Morgan fingerprint density at radius 3 is 2.33 bits per heavy atom. The number of nitrogens with zero attached hydrogens (tertiary/aromatic N) is 1. The van der Waals surface area contributed by atoms with Crippen LogP contribution < -0.4 is 10.0 Å². The summed E-state index contributed by atoms with van der Waals surface area (Å²) in [6.45, 7) is 6.14. The van der Waals surface area contributed by atoms with Gasteiger partial charge in [0, 0.05) is 0 Å². The van der Waals surface area contributed by atoms with Crippen LogP contribution in [-0.4, -0.2) is 12.8 Å². The van der Waals surface area contributed by atoms with Crippen LogP contribution in [0.5, 0.6) is 11.5 Å². The quantitative estimate of drug-likeness (QED) is 0.252. The Hall–Kier alpha value is -2.53. The zero-order chi connectivity index (χ0) is 25.0. The average Bonchev–Trinajstić information content (AvgIpc) is 2.73. The van der Waals surface area contributed by atoms with E-state index >= 15 is 0 Å². The molecule has 0 N–H and O–H groups in total. The Morgan fingerprint density at radius 1 is 1.15 bits per heavy atom. The van der Waals surface area contributed by atoms with Gasteiger partial charge in [0.05, 0.1) is 32.9 Å². The van der Waals surface area contributed by atoms with Gasteiger partial charge >= 0.3 is 12.1 Å². The topological polar surface area (TPSA) is 85.6 Å². The van der Waals surface area contributed by atoms with Gasteiger partial charge in [0.2, 0.25) is 8.03 Å². The standard InChI is InChI=1S/C22H22ClF3NO5P/c1-5-13-8-14(11-27)19(33(29)31-12-30-20(28)21(2,3)4)10-18(13)32-17-7-6-15(9-16(17)23)22(24,25)26/h6-10,33H,5,12H2,1-4H3. The molecule has 11 heteroatoms. The molecule has 0 aliphatic heterocycles. The van der Waals surface area contributed by atoms with Crippen molar-refractivity contribution in [1.29, 1.82) is 5.26 Å². The SMILES string of the molecule is CCc1cc(C#N)c([PH](=O)OCOC(=O)C(C)(C)C)cc1Oc1ccc(C(F)(F)F)cc1Cl. The Morgan fingerprint density at radius 2 is 1.82 bits per heavy atom. The number of aryl methyl sites for hydroxylation is 1. The largest absolute Gasteiger partial charge is 0.455 e. The smallest absolute Gasteiger partial charge is 0.416 e. The highest BCUT2D eigenvalue weighted by molar-refractivity contribution is 7.48. The molecule has 0 amide bonds. The first-order valence-corrected chi connectivity index (χ1v) is 11.4. The van der Waals surface area contributed by atoms with Crippen LogP contribution in [0.15, 0.2) is 30.3 Å². The van der Waals surface area contributed by atoms with E-state index in [9.17, 15) is 27.8 Å². The Labute approximate surface area is 195 Å². The number of halogens is 4. The van der Waals surface area contributed by atoms with E-state index in [0.29, 0.717) is 12.0 Å². The molecule has 178 valence electrons. The lowest BCUT2D eigenvalue weighted by molar-refractivity contribution is -0.159. The van der Waals surface area contributed by atoms with Crippen molar-refractivity contribution in [3.05, 3.63) is 52.0 Å². The van der Waals surface area contributed by atoms with Crippen molar-refractivity contribution in [3.8, 4) is 17.6 Å². The van der Waals surface area contributed by atoms with E-state index in [2.05, 4.69) is 0 Å². The molecule has 0 spiro atoms. The molecule has 0 saturated heterocycles. The van der Waals surface area contributed by atoms with E-state index in [1.54, 1.807) is 27.7 Å². The Balaban J connectivity index is 2.32. The van der Waals surface area contributed by atoms with Gasteiger partial charge in [-0.25, -0.2) is 0 Å². The van der Waals surface area contributed by atoms with Crippen molar-refractivity contribution in [2.75, 3.05) is 6.79 Å². The van der Waals surface area contributed by atoms with E-state index in [1.807, 2.05) is 6.07 Å². The summed E-state index contributed by atoms with van der Waals surface area (Å²) in [4.78, 5) is 11.8. The molecule has 0 radical (unpaired) electrons. The maximum atomic E-state index is 12.9. The van der Waals surface area contributed by atoms with Crippen molar-refractivity contribution in [2.45, 2.75) is 40.3 Å². The van der Waals surface area contributed by atoms with Crippen LogP contribution in [0, 0.1) is 16.7 Å². The molecule has 1 atom stereocenters. The first kappa shape index (κ1) is 26.7. The molecule has 2 rings (SSSR count). The number of benzene rings is 2. The van der Waals surface area contributed by atoms with E-state index in [-0.39, 0.29) is 27.4 Å². The van der Waals surface area contributed by atoms with Gasteiger partial charge in [0.25, 0.3) is 0 Å². The van der Waals surface area contributed by atoms with E-state index in [4.69, 9.17) is 25.6 Å². The zero-order valence-electron chi connectivity index (χ0n) is 18.3. The van der Waals surface area contributed by atoms with Gasteiger partial charge in [-0.2, -0.15) is 18.4 Å². The summed E-state index contributed by atoms with van der Waals surface area (Å²) in [5, 5.41) is 9.21. The third-order valence-electron chi connectivity index (χ3n) is 4.39. The summed E-state index contributed by atoms with van der Waals surface area (Å²) in [6.07, 6.45) is -4.15. The number of hydrogen-bond donors (Lipinski definition) is 0. The normalized spacial score (nSPS) is 12.7. The lowest BCUT2D eigenvalue weighted by Gasteiger charge is -2.17. The Bertz CT molecular complexity index is 1110. The first-order chi connectivity index (χ1) is 15.3. The van der Waals surface area contributed by atoms with Gasteiger partial charge in [0.15, 0.2) is 6.79 Å². The van der Waals surface area contributed by atoms with Crippen molar-refractivity contribution >= 4 is 30.9 Å². The highest BCUT2D eigenvalue weighted by atomic mass is 35.5. The second kappa shape index (κ2) is 10.6. The summed E-state index contributed by atoms with van der Waals surface area (Å²) in [5.41, 5.74) is -1.09. The molecule has 0 aromatic heterocycles. The molecule has 6 nitrogen and oxygen atoms in total. The fraction of sp³-hybridized carbons (Fsp3) is 0.364. The van der Waals surface area contributed by atoms with Gasteiger partial charge in [-0.15, -0.1) is 0 Å². The second-order valence-corrected chi connectivity index (χ2v) is 9.76. The predicted octanol–water partition coefficient (Wildman–Crippen LogP) is 6.25. The number of rotatable bonds is 7. The van der Waals surface area contributed by atoms with Gasteiger partial charge in [-0.3, -0.25) is 13.9 Å². The van der Waals surface area contributed by atoms with Crippen LogP contribution in [0.4, 0.5) is 13.2 Å². The monoisotopic (exact) mass is 503 g/mol. The minimum Gasteiger partial charge on any atom is -0.455 e. The van der Waals surface area contributed by atoms with Crippen LogP contribution in [-0.2, 0) is 31.2 Å². The van der Waals surface area contributed by atoms with E-state index in [1.165, 1.54) is 12.1 Å². The van der Waals surface area contributed by atoms with Crippen LogP contribution >= 0.6 is 19.6 Å². The Kier molecular flexibility index (Phi) is 8.58. The minimum absolute atomic E-state index is 0.0181. The number of carbonyl (C=O) groups is 1. The van der Waals surface area contributed by atoms with Crippen LogP contribution in [0.25, 0.3) is 0 Å². The zero-order valence-corrected chi connectivity index (χ0v) is 20.1. The first-order valence-electron chi connectivity index (χ1n) is 9.74. The highest BCUT2D eigenvalue weighted by Gasteiger charge is 2.31. The molecule has 0 bridgehead atoms. The molecule has 0 saturated carbocycles. The summed E-state index contributed by atoms with van der Waals surface area (Å²) in [6, 6.07) is 7.35. The lowest BCUT2D eigenvalue weighted by atomic mass is 9.98. The van der Waals surface area contributed by atoms with Gasteiger partial charge < -0.3 is 9.47 Å². The fourth-order valence-corrected chi connectivity index (χ4v) is 3.70. The van der Waals surface area contributed by atoms with Crippen molar-refractivity contribution in [3.63, 3.8) is 0 Å². The van der Waals surface area contributed by atoms with E-state index in [0.717, 1.165) is 18.2 Å². The number of carbonyl (C=O) groups excluding carboxylic acids is 1. The molecule has 0 aliphatic rings. The third kappa shape index (κ3) is 6.97. The molecule has 2 aromatic rings. The fourth-order valence-electron chi connectivity index (χ4n) is 2.57. The molecular weight excluding hydrogens is 482 g/mol. The minimum atomic E-state index is -4.56. The highest BCUT2D eigenvalue weighted by Crippen LogP contribution is 2.38. The van der Waals surface area contributed by atoms with Gasteiger partial charge in [-0.05, 0) is 63.1 Å². The third-order valence-corrected chi connectivity index (χ3v) is 5.92. The molecule has 33 heavy (non-hydrogen) atoms. The molecule has 2 aromatic carbocycles. The molecule has 0 heterocycles. The average molecular weight is 504 g/mol.